The fourth-order valence-electron chi connectivity index (χ4n) is 0.173. The lowest BCUT2D eigenvalue weighted by Gasteiger charge is -1.92. The van der Waals surface area contributed by atoms with E-state index in [2.05, 4.69) is 27.1 Å². The Morgan fingerprint density at radius 1 is 1.88 bits per heavy atom. The number of terminal acetylenes is 1. The molecule has 0 spiro atoms. The Labute approximate surface area is 56.3 Å². The fourth-order valence-corrected chi connectivity index (χ4v) is 0.335. The first-order valence-corrected chi connectivity index (χ1v) is 3.12. The molecule has 0 saturated carbocycles. The van der Waals surface area contributed by atoms with Crippen LogP contribution in [0, 0.1) is 12.3 Å². The van der Waals surface area contributed by atoms with Gasteiger partial charge in [0.05, 0.1) is 0 Å². The van der Waals surface area contributed by atoms with E-state index in [-0.39, 0.29) is 0 Å². The second-order valence-corrected chi connectivity index (χ2v) is 1.76. The van der Waals surface area contributed by atoms with E-state index in [1.807, 2.05) is 5.92 Å². The number of carbonyl (C=O) groups excluding carboxylic acids is 1. The monoisotopic (exact) mass is 176 g/mol. The highest BCUT2D eigenvalue weighted by Gasteiger charge is 1.91. The third-order valence-electron chi connectivity index (χ3n) is 0.428. The molecule has 0 rings (SSSR count). The minimum Gasteiger partial charge on any atom is -0.455 e. The van der Waals surface area contributed by atoms with Crippen LogP contribution in [0.1, 0.15) is 0 Å². The molecule has 8 heavy (non-hydrogen) atoms. The molecule has 3 heteroatoms. The van der Waals surface area contributed by atoms with Gasteiger partial charge in [0, 0.05) is 11.3 Å². The van der Waals surface area contributed by atoms with Gasteiger partial charge in [-0.3, -0.25) is 0 Å². The van der Waals surface area contributed by atoms with Crippen molar-refractivity contribution in [1.82, 2.24) is 0 Å². The van der Waals surface area contributed by atoms with Gasteiger partial charge < -0.3 is 4.74 Å². The zero-order valence-corrected chi connectivity index (χ0v) is 5.77. The number of hydrogen-bond acceptors (Lipinski definition) is 2. The first-order chi connectivity index (χ1) is 3.81. The van der Waals surface area contributed by atoms with Gasteiger partial charge in [-0.15, -0.1) is 6.42 Å². The largest absolute Gasteiger partial charge is 0.455 e. The van der Waals surface area contributed by atoms with Crippen LogP contribution >= 0.6 is 15.9 Å². The number of rotatable bonds is 2. The van der Waals surface area contributed by atoms with Gasteiger partial charge in [-0.2, -0.15) is 0 Å². The van der Waals surface area contributed by atoms with E-state index < -0.39 is 5.97 Å². The highest BCUT2D eigenvalue weighted by molar-refractivity contribution is 9.09. The summed E-state index contributed by atoms with van der Waals surface area (Å²) in [4.78, 5) is 10.1. The molecule has 0 heterocycles. The molecule has 44 valence electrons. The summed E-state index contributed by atoms with van der Waals surface area (Å²) in [5.74, 6) is 1.21. The maximum absolute atomic E-state index is 10.1. The Bertz CT molecular complexity index is 114. The molecule has 0 amide bonds. The van der Waals surface area contributed by atoms with Crippen LogP contribution in [-0.2, 0) is 9.53 Å². The molecule has 0 aliphatic rings. The summed E-state index contributed by atoms with van der Waals surface area (Å²) < 4.78 is 4.42. The number of carbonyl (C=O) groups is 1. The van der Waals surface area contributed by atoms with E-state index in [0.29, 0.717) is 11.9 Å². The van der Waals surface area contributed by atoms with Crippen molar-refractivity contribution < 1.29 is 9.53 Å². The Hall–Kier alpha value is -0.490. The van der Waals surface area contributed by atoms with E-state index in [0.717, 1.165) is 0 Å². The van der Waals surface area contributed by atoms with Crippen molar-refractivity contribution in [3.63, 3.8) is 0 Å². The zero-order valence-electron chi connectivity index (χ0n) is 4.19. The van der Waals surface area contributed by atoms with Crippen LogP contribution in [0.3, 0.4) is 0 Å². The third kappa shape index (κ3) is 3.69. The number of hydrogen-bond donors (Lipinski definition) is 0. The molecule has 0 N–H and O–H groups in total. The van der Waals surface area contributed by atoms with Crippen LogP contribution < -0.4 is 0 Å². The first-order valence-electron chi connectivity index (χ1n) is 2.00. The Morgan fingerprint density at radius 3 is 2.88 bits per heavy atom. The SMILES string of the molecule is C#CC(=O)OCCBr. The number of alkyl halides is 1. The summed E-state index contributed by atoms with van der Waals surface area (Å²) in [7, 11) is 0. The van der Waals surface area contributed by atoms with Crippen LogP contribution in [0.5, 0.6) is 0 Å². The molecular weight excluding hydrogens is 172 g/mol. The molecule has 0 unspecified atom stereocenters. The number of ether oxygens (including phenoxy) is 1. The van der Waals surface area contributed by atoms with Crippen molar-refractivity contribution in [2.45, 2.75) is 0 Å². The van der Waals surface area contributed by atoms with Crippen LogP contribution in [0.25, 0.3) is 0 Å². The molecule has 0 aliphatic carbocycles. The van der Waals surface area contributed by atoms with Gasteiger partial charge in [-0.1, -0.05) is 15.9 Å². The van der Waals surface area contributed by atoms with Gasteiger partial charge in [0.25, 0.3) is 0 Å². The molecule has 0 aliphatic heterocycles. The van der Waals surface area contributed by atoms with Crippen LogP contribution in [0.2, 0.25) is 0 Å². The molecule has 0 aromatic carbocycles. The standard InChI is InChI=1S/C5H5BrO2/c1-2-5(7)8-4-3-6/h1H,3-4H2. The lowest BCUT2D eigenvalue weighted by Crippen LogP contribution is -2.02. The quantitative estimate of drug-likeness (QED) is 0.266. The normalized spacial score (nSPS) is 7.50. The summed E-state index contributed by atoms with van der Waals surface area (Å²) in [5, 5.41) is 0.625. The molecule has 0 atom stereocenters. The van der Waals surface area contributed by atoms with E-state index in [1.165, 1.54) is 0 Å². The summed E-state index contributed by atoms with van der Waals surface area (Å²) in [6, 6.07) is 0. The first kappa shape index (κ1) is 7.51. The Morgan fingerprint density at radius 2 is 2.50 bits per heavy atom. The second-order valence-electron chi connectivity index (χ2n) is 0.969. The van der Waals surface area contributed by atoms with E-state index in [1.54, 1.807) is 0 Å². The van der Waals surface area contributed by atoms with Crippen LogP contribution in [0.15, 0.2) is 0 Å². The minimum atomic E-state index is -0.607. The van der Waals surface area contributed by atoms with Crippen molar-refractivity contribution in [2.75, 3.05) is 11.9 Å². The molecule has 2 nitrogen and oxygen atoms in total. The van der Waals surface area contributed by atoms with Crippen LogP contribution in [-0.4, -0.2) is 17.9 Å². The molecule has 0 aromatic rings. The summed E-state index contributed by atoms with van der Waals surface area (Å²) in [6.07, 6.45) is 4.67. The molecule has 0 bridgehead atoms. The third-order valence-corrected chi connectivity index (χ3v) is 0.752. The van der Waals surface area contributed by atoms with Crippen molar-refractivity contribution >= 4 is 21.9 Å². The molecule has 0 saturated heterocycles. The molecule has 0 fully saturated rings. The number of esters is 1. The Balaban J connectivity index is 3.16. The highest BCUT2D eigenvalue weighted by atomic mass is 79.9. The minimum absolute atomic E-state index is 0.336. The maximum Gasteiger partial charge on any atom is 0.384 e. The highest BCUT2D eigenvalue weighted by Crippen LogP contribution is 1.81. The van der Waals surface area contributed by atoms with E-state index >= 15 is 0 Å². The van der Waals surface area contributed by atoms with Crippen molar-refractivity contribution in [2.24, 2.45) is 0 Å². The average Bonchev–Trinajstić information content (AvgIpc) is 1.83. The molecule has 0 radical (unpaired) electrons. The van der Waals surface area contributed by atoms with Gasteiger partial charge in [0.2, 0.25) is 0 Å². The van der Waals surface area contributed by atoms with Gasteiger partial charge in [-0.05, 0) is 0 Å². The van der Waals surface area contributed by atoms with Crippen molar-refractivity contribution in [3.8, 4) is 12.3 Å². The molecular formula is C5H5BrO2. The van der Waals surface area contributed by atoms with Gasteiger partial charge in [0.15, 0.2) is 0 Å². The summed E-state index contributed by atoms with van der Waals surface area (Å²) in [5.41, 5.74) is 0. The lowest BCUT2D eigenvalue weighted by atomic mass is 10.7. The lowest BCUT2D eigenvalue weighted by molar-refractivity contribution is -0.136. The zero-order chi connectivity index (χ0) is 6.41. The smallest absolute Gasteiger partial charge is 0.384 e. The van der Waals surface area contributed by atoms with Gasteiger partial charge in [-0.25, -0.2) is 4.79 Å². The Kier molecular flexibility index (Phi) is 4.38. The van der Waals surface area contributed by atoms with E-state index in [4.69, 9.17) is 0 Å². The predicted octanol–water partition coefficient (Wildman–Crippen LogP) is 0.558. The fraction of sp³-hybridized carbons (Fsp3) is 0.400. The summed E-state index contributed by atoms with van der Waals surface area (Å²) >= 11 is 3.06. The van der Waals surface area contributed by atoms with Crippen molar-refractivity contribution in [1.29, 1.82) is 0 Å². The van der Waals surface area contributed by atoms with Crippen LogP contribution in [0.4, 0.5) is 0 Å². The topological polar surface area (TPSA) is 26.3 Å². The second kappa shape index (κ2) is 4.66. The summed E-state index contributed by atoms with van der Waals surface area (Å²) in [6.45, 7) is 0.336. The molecule has 0 aromatic heterocycles. The number of halogens is 1. The van der Waals surface area contributed by atoms with E-state index in [9.17, 15) is 4.79 Å². The van der Waals surface area contributed by atoms with Crippen molar-refractivity contribution in [3.05, 3.63) is 0 Å². The maximum atomic E-state index is 10.1. The van der Waals surface area contributed by atoms with Gasteiger partial charge in [0.1, 0.15) is 6.61 Å². The average molecular weight is 177 g/mol. The van der Waals surface area contributed by atoms with Gasteiger partial charge >= 0.3 is 5.97 Å². The predicted molar refractivity (Wildman–Crippen MR) is 33.6 cm³/mol.